The second-order valence-corrected chi connectivity index (χ2v) is 4.36. The Morgan fingerprint density at radius 3 is 1.52 bits per heavy atom. The summed E-state index contributed by atoms with van der Waals surface area (Å²) in [5.41, 5.74) is 1.72. The zero-order valence-electron chi connectivity index (χ0n) is 11.6. The zero-order valence-corrected chi connectivity index (χ0v) is 11.6. The van der Waals surface area contributed by atoms with Gasteiger partial charge in [0.1, 0.15) is 11.5 Å². The minimum absolute atomic E-state index is 0.0254. The van der Waals surface area contributed by atoms with Crippen molar-refractivity contribution in [1.82, 2.24) is 0 Å². The van der Waals surface area contributed by atoms with Gasteiger partial charge in [-0.05, 0) is 18.6 Å². The summed E-state index contributed by atoms with van der Waals surface area (Å²) in [7, 11) is 0. The van der Waals surface area contributed by atoms with Crippen LogP contribution in [0, 0.1) is 0 Å². The second kappa shape index (κ2) is 7.79. The number of benzene rings is 2. The predicted octanol–water partition coefficient (Wildman–Crippen LogP) is 3.86. The molecule has 21 heavy (non-hydrogen) atoms. The fourth-order valence-corrected chi connectivity index (χ4v) is 2.17. The number of phenols is 2. The Morgan fingerprint density at radius 2 is 1.24 bits per heavy atom. The molecule has 0 aliphatic rings. The third-order valence-electron chi connectivity index (χ3n) is 3.03. The van der Waals surface area contributed by atoms with E-state index in [0.29, 0.717) is 0 Å². The molecule has 5 nitrogen and oxygen atoms in total. The van der Waals surface area contributed by atoms with Crippen molar-refractivity contribution in [1.29, 1.82) is 0 Å². The minimum atomic E-state index is -1.83. The smallest absolute Gasteiger partial charge is 0.503 e. The highest BCUT2D eigenvalue weighted by atomic mass is 16.6. The van der Waals surface area contributed by atoms with Crippen LogP contribution in [0.15, 0.2) is 48.5 Å². The zero-order chi connectivity index (χ0) is 15.8. The molecule has 0 radical (unpaired) electrons. The fourth-order valence-electron chi connectivity index (χ4n) is 2.17. The van der Waals surface area contributed by atoms with Gasteiger partial charge in [0, 0.05) is 17.0 Å². The lowest BCUT2D eigenvalue weighted by Gasteiger charge is -2.18. The molecule has 0 spiro atoms. The number of para-hydroxylation sites is 2. The van der Waals surface area contributed by atoms with Crippen molar-refractivity contribution >= 4 is 6.16 Å². The number of hydrogen-bond donors (Lipinski definition) is 4. The van der Waals surface area contributed by atoms with Gasteiger partial charge < -0.3 is 20.4 Å². The van der Waals surface area contributed by atoms with E-state index in [-0.39, 0.29) is 17.4 Å². The van der Waals surface area contributed by atoms with Crippen LogP contribution in [0.25, 0.3) is 0 Å². The third kappa shape index (κ3) is 4.72. The summed E-state index contributed by atoms with van der Waals surface area (Å²) in [6.07, 6.45) is -1.00. The van der Waals surface area contributed by atoms with Crippen molar-refractivity contribution in [2.45, 2.75) is 19.3 Å². The topological polar surface area (TPSA) is 98.0 Å². The molecule has 112 valence electrons. The van der Waals surface area contributed by atoms with Crippen molar-refractivity contribution in [2.24, 2.45) is 0 Å². The van der Waals surface area contributed by atoms with Gasteiger partial charge in [0.25, 0.3) is 0 Å². The molecule has 0 bridgehead atoms. The Morgan fingerprint density at radius 1 is 0.905 bits per heavy atom. The van der Waals surface area contributed by atoms with Crippen LogP contribution in [-0.4, -0.2) is 26.6 Å². The third-order valence-corrected chi connectivity index (χ3v) is 3.03. The molecular weight excluding hydrogens is 272 g/mol. The number of carbonyl (C=O) groups is 1. The molecule has 4 N–H and O–H groups in total. The molecule has 0 saturated heterocycles. The molecule has 5 heteroatoms. The fraction of sp³-hybridized carbons (Fsp3) is 0.188. The Kier molecular flexibility index (Phi) is 6.07. The SMILES string of the molecule is CCC(c1ccccc1O)c1ccccc1O.O=C(O)O. The monoisotopic (exact) mass is 290 g/mol. The minimum Gasteiger partial charge on any atom is -0.508 e. The van der Waals surface area contributed by atoms with Gasteiger partial charge in [-0.3, -0.25) is 0 Å². The molecule has 0 heterocycles. The van der Waals surface area contributed by atoms with E-state index in [4.69, 9.17) is 15.0 Å². The largest absolute Gasteiger partial charge is 0.508 e. The number of carboxylic acid groups (broad SMARTS) is 2. The molecule has 0 aromatic heterocycles. The lowest BCUT2D eigenvalue weighted by Crippen LogP contribution is -2.00. The Labute approximate surface area is 122 Å². The van der Waals surface area contributed by atoms with Crippen LogP contribution < -0.4 is 0 Å². The summed E-state index contributed by atoms with van der Waals surface area (Å²) < 4.78 is 0. The maximum absolute atomic E-state index is 9.88. The molecule has 0 fully saturated rings. The summed E-state index contributed by atoms with van der Waals surface area (Å²) in [6.45, 7) is 2.05. The molecule has 2 rings (SSSR count). The summed E-state index contributed by atoms with van der Waals surface area (Å²) in [5.74, 6) is 0.586. The van der Waals surface area contributed by atoms with Gasteiger partial charge in [0.15, 0.2) is 0 Å². The molecule has 0 unspecified atom stereocenters. The Balaban J connectivity index is 0.000000491. The number of aromatic hydroxyl groups is 2. The van der Waals surface area contributed by atoms with Gasteiger partial charge >= 0.3 is 6.16 Å². The molecular formula is C16H18O5. The lowest BCUT2D eigenvalue weighted by atomic mass is 9.88. The molecule has 0 saturated carbocycles. The first-order valence-corrected chi connectivity index (χ1v) is 6.45. The first-order valence-electron chi connectivity index (χ1n) is 6.45. The van der Waals surface area contributed by atoms with E-state index < -0.39 is 6.16 Å². The Hall–Kier alpha value is -2.69. The first kappa shape index (κ1) is 16.4. The van der Waals surface area contributed by atoms with Crippen LogP contribution in [0.4, 0.5) is 4.79 Å². The van der Waals surface area contributed by atoms with Gasteiger partial charge in [0.05, 0.1) is 0 Å². The summed E-state index contributed by atoms with van der Waals surface area (Å²) in [6, 6.07) is 14.6. The van der Waals surface area contributed by atoms with Crippen LogP contribution in [0.2, 0.25) is 0 Å². The summed E-state index contributed by atoms with van der Waals surface area (Å²) >= 11 is 0. The average Bonchev–Trinajstić information content (AvgIpc) is 2.43. The van der Waals surface area contributed by atoms with E-state index in [9.17, 15) is 10.2 Å². The van der Waals surface area contributed by atoms with Crippen LogP contribution in [0.3, 0.4) is 0 Å². The predicted molar refractivity (Wildman–Crippen MR) is 79.0 cm³/mol. The number of phenolic OH excluding ortho intramolecular Hbond substituents is 2. The summed E-state index contributed by atoms with van der Waals surface area (Å²) in [5, 5.41) is 33.7. The van der Waals surface area contributed by atoms with Crippen molar-refractivity contribution < 1.29 is 25.2 Å². The molecule has 2 aromatic rings. The van der Waals surface area contributed by atoms with Crippen LogP contribution in [-0.2, 0) is 0 Å². The van der Waals surface area contributed by atoms with E-state index in [1.165, 1.54) is 0 Å². The molecule has 0 atom stereocenters. The van der Waals surface area contributed by atoms with Crippen LogP contribution >= 0.6 is 0 Å². The average molecular weight is 290 g/mol. The van der Waals surface area contributed by atoms with E-state index in [2.05, 4.69) is 0 Å². The van der Waals surface area contributed by atoms with Gasteiger partial charge in [-0.2, -0.15) is 0 Å². The lowest BCUT2D eigenvalue weighted by molar-refractivity contribution is 0.137. The maximum atomic E-state index is 9.88. The van der Waals surface area contributed by atoms with E-state index in [0.717, 1.165) is 17.5 Å². The standard InChI is InChI=1S/C15H16O2.CH2O3/c1-2-11(12-7-3-5-9-14(12)16)13-8-4-6-10-15(13)17;2-1(3)4/h3-11,16-17H,2H2,1H3;(H2,2,3,4). The maximum Gasteiger partial charge on any atom is 0.503 e. The molecule has 0 aliphatic heterocycles. The highest BCUT2D eigenvalue weighted by Crippen LogP contribution is 2.37. The molecule has 2 aromatic carbocycles. The van der Waals surface area contributed by atoms with Crippen molar-refractivity contribution in [3.63, 3.8) is 0 Å². The normalized spacial score (nSPS) is 9.81. The highest BCUT2D eigenvalue weighted by molar-refractivity contribution is 5.53. The van der Waals surface area contributed by atoms with Crippen LogP contribution in [0.1, 0.15) is 30.4 Å². The molecule has 0 aliphatic carbocycles. The van der Waals surface area contributed by atoms with Gasteiger partial charge in [0.2, 0.25) is 0 Å². The quantitative estimate of drug-likeness (QED) is 0.688. The van der Waals surface area contributed by atoms with E-state index >= 15 is 0 Å². The summed E-state index contributed by atoms with van der Waals surface area (Å²) in [4.78, 5) is 8.56. The van der Waals surface area contributed by atoms with Crippen molar-refractivity contribution in [3.8, 4) is 11.5 Å². The van der Waals surface area contributed by atoms with Crippen molar-refractivity contribution in [2.75, 3.05) is 0 Å². The van der Waals surface area contributed by atoms with Crippen LogP contribution in [0.5, 0.6) is 11.5 Å². The van der Waals surface area contributed by atoms with Crippen molar-refractivity contribution in [3.05, 3.63) is 59.7 Å². The van der Waals surface area contributed by atoms with Gasteiger partial charge in [-0.25, -0.2) is 4.79 Å². The van der Waals surface area contributed by atoms with Gasteiger partial charge in [-0.15, -0.1) is 0 Å². The van der Waals surface area contributed by atoms with E-state index in [1.807, 2.05) is 31.2 Å². The Bertz CT molecular complexity index is 545. The van der Waals surface area contributed by atoms with Gasteiger partial charge in [-0.1, -0.05) is 43.3 Å². The first-order chi connectivity index (χ1) is 9.97. The molecule has 0 amide bonds. The van der Waals surface area contributed by atoms with E-state index in [1.54, 1.807) is 24.3 Å². The number of rotatable bonds is 3. The number of hydrogen-bond acceptors (Lipinski definition) is 3. The second-order valence-electron chi connectivity index (χ2n) is 4.36. The highest BCUT2D eigenvalue weighted by Gasteiger charge is 2.17.